The minimum atomic E-state index is 0.0459. The van der Waals surface area contributed by atoms with Crippen molar-refractivity contribution in [2.45, 2.75) is 0 Å². The fraction of sp³-hybridized carbons (Fsp3) is 0.308. The normalized spacial score (nSPS) is 10.5. The number of rotatable bonds is 3. The molecule has 0 spiro atoms. The second-order valence-electron chi connectivity index (χ2n) is 4.50. The van der Waals surface area contributed by atoms with Crippen LogP contribution in [-0.4, -0.2) is 48.5 Å². The highest BCUT2D eigenvalue weighted by Gasteiger charge is 2.12. The Balaban J connectivity index is 2.37. The smallest absolute Gasteiger partial charge is 0.241 e. The summed E-state index contributed by atoms with van der Waals surface area (Å²) < 4.78 is 0.886. The number of carbonyl (C=O) groups is 1. The molecule has 0 bridgehead atoms. The number of amides is 1. The molecule has 6 heteroatoms. The van der Waals surface area contributed by atoms with Crippen LogP contribution in [0.25, 0.3) is 11.0 Å². The number of nitrogens with zero attached hydrogens (tertiary/aromatic N) is 4. The maximum atomic E-state index is 11.8. The Hall–Kier alpha value is -1.69. The zero-order chi connectivity index (χ0) is 14.0. The van der Waals surface area contributed by atoms with E-state index in [0.717, 1.165) is 21.2 Å². The average Bonchev–Trinajstić information content (AvgIpc) is 2.37. The van der Waals surface area contributed by atoms with Gasteiger partial charge in [0, 0.05) is 38.0 Å². The first kappa shape index (κ1) is 13.7. The fourth-order valence-electron chi connectivity index (χ4n) is 1.73. The van der Waals surface area contributed by atoms with Crippen molar-refractivity contribution in [3.05, 3.63) is 29.0 Å². The van der Waals surface area contributed by atoms with E-state index in [1.807, 2.05) is 24.1 Å². The maximum Gasteiger partial charge on any atom is 0.241 e. The molecule has 100 valence electrons. The van der Waals surface area contributed by atoms with Crippen molar-refractivity contribution in [1.29, 1.82) is 0 Å². The molecule has 2 rings (SSSR count). The lowest BCUT2D eigenvalue weighted by molar-refractivity contribution is -0.127. The largest absolute Gasteiger partial charge is 0.363 e. The van der Waals surface area contributed by atoms with Gasteiger partial charge in [-0.1, -0.05) is 0 Å². The summed E-state index contributed by atoms with van der Waals surface area (Å²) in [6, 6.07) is 3.78. The summed E-state index contributed by atoms with van der Waals surface area (Å²) >= 11 is 3.38. The first-order chi connectivity index (χ1) is 8.99. The van der Waals surface area contributed by atoms with Crippen LogP contribution in [0.4, 0.5) is 5.69 Å². The standard InChI is InChI=1S/C13H15BrN4O/c1-17(2)12(19)8-18(3)11-4-5-15-10-6-9(14)7-16-13(10)11/h4-7H,8H2,1-3H3. The molecule has 0 atom stereocenters. The third kappa shape index (κ3) is 3.01. The number of halogens is 1. The molecule has 2 aromatic heterocycles. The molecule has 0 aromatic carbocycles. The van der Waals surface area contributed by atoms with Gasteiger partial charge in [-0.15, -0.1) is 0 Å². The van der Waals surface area contributed by atoms with E-state index in [4.69, 9.17) is 0 Å². The predicted molar refractivity (Wildman–Crippen MR) is 79.2 cm³/mol. The van der Waals surface area contributed by atoms with Gasteiger partial charge in [0.1, 0.15) is 5.52 Å². The Morgan fingerprint density at radius 2 is 2.05 bits per heavy atom. The lowest BCUT2D eigenvalue weighted by atomic mass is 10.2. The summed E-state index contributed by atoms with van der Waals surface area (Å²) in [5, 5.41) is 0. The van der Waals surface area contributed by atoms with Crippen LogP contribution in [0.2, 0.25) is 0 Å². The van der Waals surface area contributed by atoms with Crippen molar-refractivity contribution < 1.29 is 4.79 Å². The van der Waals surface area contributed by atoms with Crippen molar-refractivity contribution in [1.82, 2.24) is 14.9 Å². The van der Waals surface area contributed by atoms with Crippen molar-refractivity contribution >= 4 is 38.6 Å². The van der Waals surface area contributed by atoms with E-state index in [1.165, 1.54) is 0 Å². The van der Waals surface area contributed by atoms with Gasteiger partial charge in [-0.25, -0.2) is 0 Å². The van der Waals surface area contributed by atoms with Crippen molar-refractivity contribution in [2.24, 2.45) is 0 Å². The highest BCUT2D eigenvalue weighted by Crippen LogP contribution is 2.24. The van der Waals surface area contributed by atoms with Gasteiger partial charge in [-0.05, 0) is 28.1 Å². The second-order valence-corrected chi connectivity index (χ2v) is 5.41. The monoisotopic (exact) mass is 322 g/mol. The van der Waals surface area contributed by atoms with Crippen LogP contribution in [0.3, 0.4) is 0 Å². The molecular formula is C13H15BrN4O. The molecular weight excluding hydrogens is 308 g/mol. The van der Waals surface area contributed by atoms with Crippen molar-refractivity contribution in [2.75, 3.05) is 32.6 Å². The summed E-state index contributed by atoms with van der Waals surface area (Å²) in [5.41, 5.74) is 2.49. The van der Waals surface area contributed by atoms with E-state index in [1.54, 1.807) is 31.4 Å². The third-order valence-electron chi connectivity index (χ3n) is 2.81. The van der Waals surface area contributed by atoms with Gasteiger partial charge >= 0.3 is 0 Å². The summed E-state index contributed by atoms with van der Waals surface area (Å²) in [4.78, 5) is 23.9. The molecule has 2 heterocycles. The number of fused-ring (bicyclic) bond motifs is 1. The van der Waals surface area contributed by atoms with Crippen LogP contribution < -0.4 is 4.90 Å². The number of anilines is 1. The number of hydrogen-bond acceptors (Lipinski definition) is 4. The topological polar surface area (TPSA) is 49.3 Å². The molecule has 0 aliphatic carbocycles. The Bertz CT molecular complexity index is 615. The van der Waals surface area contributed by atoms with Crippen LogP contribution in [0, 0.1) is 0 Å². The molecule has 0 N–H and O–H groups in total. The second kappa shape index (κ2) is 5.52. The molecule has 0 saturated carbocycles. The van der Waals surface area contributed by atoms with E-state index in [2.05, 4.69) is 25.9 Å². The molecule has 0 saturated heterocycles. The third-order valence-corrected chi connectivity index (χ3v) is 3.24. The van der Waals surface area contributed by atoms with Crippen LogP contribution in [0.1, 0.15) is 0 Å². The SMILES string of the molecule is CN(C)C(=O)CN(C)c1ccnc2cc(Br)cnc12. The zero-order valence-electron chi connectivity index (χ0n) is 11.1. The van der Waals surface area contributed by atoms with Gasteiger partial charge in [-0.2, -0.15) is 0 Å². The van der Waals surface area contributed by atoms with Crippen LogP contribution >= 0.6 is 15.9 Å². The van der Waals surface area contributed by atoms with E-state index >= 15 is 0 Å². The average molecular weight is 323 g/mol. The lowest BCUT2D eigenvalue weighted by Gasteiger charge is -2.21. The Kier molecular flexibility index (Phi) is 3.99. The molecule has 0 aliphatic rings. The molecule has 5 nitrogen and oxygen atoms in total. The number of likely N-dealkylation sites (N-methyl/N-ethyl adjacent to an activating group) is 2. The summed E-state index contributed by atoms with van der Waals surface area (Å²) in [7, 11) is 5.37. The molecule has 0 aliphatic heterocycles. The quantitative estimate of drug-likeness (QED) is 0.866. The lowest BCUT2D eigenvalue weighted by Crippen LogP contribution is -2.34. The van der Waals surface area contributed by atoms with Crippen LogP contribution in [-0.2, 0) is 4.79 Å². The summed E-state index contributed by atoms with van der Waals surface area (Å²) in [6.07, 6.45) is 3.46. The minimum absolute atomic E-state index is 0.0459. The minimum Gasteiger partial charge on any atom is -0.363 e. The number of pyridine rings is 2. The molecule has 2 aromatic rings. The van der Waals surface area contributed by atoms with Gasteiger partial charge in [-0.3, -0.25) is 14.8 Å². The molecule has 0 radical (unpaired) electrons. The van der Waals surface area contributed by atoms with E-state index < -0.39 is 0 Å². The van der Waals surface area contributed by atoms with E-state index in [-0.39, 0.29) is 5.91 Å². The Labute approximate surface area is 120 Å². The predicted octanol–water partition coefficient (Wildman–Crippen LogP) is 1.92. The van der Waals surface area contributed by atoms with E-state index in [0.29, 0.717) is 6.54 Å². The molecule has 0 unspecified atom stereocenters. The Morgan fingerprint density at radius 3 is 2.74 bits per heavy atom. The first-order valence-corrected chi connectivity index (χ1v) is 6.60. The number of carbonyl (C=O) groups excluding carboxylic acids is 1. The van der Waals surface area contributed by atoms with Gasteiger partial charge in [0.2, 0.25) is 5.91 Å². The van der Waals surface area contributed by atoms with Crippen molar-refractivity contribution in [3.63, 3.8) is 0 Å². The maximum absolute atomic E-state index is 11.8. The van der Waals surface area contributed by atoms with Gasteiger partial charge in [0.25, 0.3) is 0 Å². The van der Waals surface area contributed by atoms with E-state index in [9.17, 15) is 4.79 Å². The van der Waals surface area contributed by atoms with Crippen LogP contribution in [0.5, 0.6) is 0 Å². The molecule has 1 amide bonds. The molecule has 0 fully saturated rings. The van der Waals surface area contributed by atoms with Gasteiger partial charge in [0.05, 0.1) is 17.7 Å². The Morgan fingerprint density at radius 1 is 1.32 bits per heavy atom. The molecule has 19 heavy (non-hydrogen) atoms. The van der Waals surface area contributed by atoms with Gasteiger partial charge in [0.15, 0.2) is 0 Å². The first-order valence-electron chi connectivity index (χ1n) is 5.80. The summed E-state index contributed by atoms with van der Waals surface area (Å²) in [5.74, 6) is 0.0459. The van der Waals surface area contributed by atoms with Gasteiger partial charge < -0.3 is 9.80 Å². The van der Waals surface area contributed by atoms with Crippen LogP contribution in [0.15, 0.2) is 29.0 Å². The highest BCUT2D eigenvalue weighted by molar-refractivity contribution is 9.10. The highest BCUT2D eigenvalue weighted by atomic mass is 79.9. The zero-order valence-corrected chi connectivity index (χ0v) is 12.7. The fourth-order valence-corrected chi connectivity index (χ4v) is 2.05. The number of aromatic nitrogens is 2. The summed E-state index contributed by atoms with van der Waals surface area (Å²) in [6.45, 7) is 0.309. The number of hydrogen-bond donors (Lipinski definition) is 0. The van der Waals surface area contributed by atoms with Crippen molar-refractivity contribution in [3.8, 4) is 0 Å².